The van der Waals surface area contributed by atoms with Crippen LogP contribution in [0.25, 0.3) is 10.9 Å². The highest BCUT2D eigenvalue weighted by Crippen LogP contribution is 2.35. The summed E-state index contributed by atoms with van der Waals surface area (Å²) in [7, 11) is 0. The van der Waals surface area contributed by atoms with Crippen molar-refractivity contribution in [2.24, 2.45) is 0 Å². The van der Waals surface area contributed by atoms with Crippen LogP contribution in [0.5, 0.6) is 5.75 Å². The molecule has 38 heavy (non-hydrogen) atoms. The quantitative estimate of drug-likeness (QED) is 0.295. The third-order valence-electron chi connectivity index (χ3n) is 5.88. The Morgan fingerprint density at radius 3 is 2.74 bits per heavy atom. The summed E-state index contributed by atoms with van der Waals surface area (Å²) in [6.45, 7) is 7.19. The maximum absolute atomic E-state index is 14.5. The molecule has 2 heterocycles. The summed E-state index contributed by atoms with van der Waals surface area (Å²) in [5.74, 6) is 0.860. The Bertz CT molecular complexity index is 1440. The molecule has 0 atom stereocenters. The lowest BCUT2D eigenvalue weighted by Crippen LogP contribution is -2.23. The number of carbonyl (C=O) groups is 1. The average Bonchev–Trinajstić information content (AvgIpc) is 3.43. The van der Waals surface area contributed by atoms with E-state index in [9.17, 15) is 13.6 Å². The molecule has 0 bridgehead atoms. The fourth-order valence-electron chi connectivity index (χ4n) is 3.80. The van der Waals surface area contributed by atoms with Gasteiger partial charge in [-0.3, -0.25) is 4.79 Å². The number of nitrogens with zero attached hydrogens (tertiary/aromatic N) is 3. The lowest BCUT2D eigenvalue weighted by atomic mass is 10.1. The van der Waals surface area contributed by atoms with Gasteiger partial charge in [-0.2, -0.15) is 0 Å². The van der Waals surface area contributed by atoms with Crippen molar-refractivity contribution < 1.29 is 23.0 Å². The van der Waals surface area contributed by atoms with Crippen LogP contribution in [0.4, 0.5) is 26.0 Å². The first kappa shape index (κ1) is 26.7. The fraction of sp³-hybridized carbons (Fsp3) is 0.250. The van der Waals surface area contributed by atoms with Gasteiger partial charge in [0, 0.05) is 29.6 Å². The summed E-state index contributed by atoms with van der Waals surface area (Å²) < 4.78 is 39.9. The molecule has 10 heteroatoms. The zero-order valence-corrected chi connectivity index (χ0v) is 21.1. The molecule has 0 saturated heterocycles. The van der Waals surface area contributed by atoms with Gasteiger partial charge in [-0.25, -0.2) is 18.7 Å². The van der Waals surface area contributed by atoms with Gasteiger partial charge in [0.15, 0.2) is 17.4 Å². The normalized spacial score (nSPS) is 13.1. The van der Waals surface area contributed by atoms with E-state index in [4.69, 9.17) is 15.9 Å². The molecule has 2 aromatic carbocycles. The first-order valence-corrected chi connectivity index (χ1v) is 12.1. The Kier molecular flexibility index (Phi) is 8.63. The number of ether oxygens (including phenoxy) is 2. The highest BCUT2D eigenvalue weighted by Gasteiger charge is 2.17. The molecular weight excluding hydrogens is 492 g/mol. The number of terminal acetylenes is 1. The zero-order chi connectivity index (χ0) is 27.1. The molecule has 3 aromatic rings. The number of fused-ring (bicyclic) bond motifs is 1. The third-order valence-corrected chi connectivity index (χ3v) is 5.88. The number of aromatic nitrogens is 2. The lowest BCUT2D eigenvalue weighted by Gasteiger charge is -2.16. The first-order chi connectivity index (χ1) is 18.4. The van der Waals surface area contributed by atoms with Crippen molar-refractivity contribution in [3.63, 3.8) is 0 Å². The van der Waals surface area contributed by atoms with Gasteiger partial charge in [0.05, 0.1) is 23.5 Å². The Balaban J connectivity index is 1.70. The summed E-state index contributed by atoms with van der Waals surface area (Å²) in [5, 5.41) is 6.07. The Morgan fingerprint density at radius 1 is 1.21 bits per heavy atom. The standard InChI is InChI=1S/C28H27F2N5O3/c1-4-18-12-21(29)27(30)24(13-18)34-28-20-14-23(33-26(36)8-7-10-35(5-2)6-3)25(15-22(20)31-17-32-28)38-19-9-11-37-16-19/h1,7-9,12-15,17H,5-6,10-11,16H2,2-3H3,(H,33,36)(H,31,32,34)/b8-7+. The van der Waals surface area contributed by atoms with Crippen molar-refractivity contribution in [1.82, 2.24) is 14.9 Å². The van der Waals surface area contributed by atoms with E-state index in [1.54, 1.807) is 24.3 Å². The van der Waals surface area contributed by atoms with E-state index >= 15 is 0 Å². The Hall–Kier alpha value is -4.33. The molecule has 0 radical (unpaired) electrons. The van der Waals surface area contributed by atoms with Crippen molar-refractivity contribution in [2.75, 3.05) is 43.5 Å². The van der Waals surface area contributed by atoms with E-state index in [-0.39, 0.29) is 23.0 Å². The molecule has 2 N–H and O–H groups in total. The summed E-state index contributed by atoms with van der Waals surface area (Å²) in [5.41, 5.74) is 0.763. The van der Waals surface area contributed by atoms with E-state index < -0.39 is 11.6 Å². The third kappa shape index (κ3) is 6.32. The molecule has 0 spiro atoms. The topological polar surface area (TPSA) is 88.6 Å². The van der Waals surface area contributed by atoms with Crippen LogP contribution in [-0.2, 0) is 9.53 Å². The van der Waals surface area contributed by atoms with Gasteiger partial charge in [0.25, 0.3) is 0 Å². The number of amides is 1. The van der Waals surface area contributed by atoms with E-state index in [0.717, 1.165) is 19.2 Å². The number of benzene rings is 2. The molecule has 1 aromatic heterocycles. The van der Waals surface area contributed by atoms with Crippen molar-refractivity contribution in [1.29, 1.82) is 0 Å². The van der Waals surface area contributed by atoms with Crippen molar-refractivity contribution >= 4 is 34.0 Å². The molecule has 1 aliphatic rings. The second-order valence-corrected chi connectivity index (χ2v) is 8.34. The van der Waals surface area contributed by atoms with E-state index in [1.807, 2.05) is 13.8 Å². The van der Waals surface area contributed by atoms with Gasteiger partial charge in [-0.1, -0.05) is 25.8 Å². The molecule has 0 fully saturated rings. The molecular formula is C28H27F2N5O3. The van der Waals surface area contributed by atoms with Crippen LogP contribution in [-0.4, -0.2) is 53.6 Å². The van der Waals surface area contributed by atoms with Gasteiger partial charge in [0.2, 0.25) is 5.91 Å². The molecule has 4 rings (SSSR count). The monoisotopic (exact) mass is 519 g/mol. The van der Waals surface area contributed by atoms with Crippen molar-refractivity contribution in [3.8, 4) is 18.1 Å². The smallest absolute Gasteiger partial charge is 0.248 e. The van der Waals surface area contributed by atoms with Crippen molar-refractivity contribution in [3.05, 3.63) is 71.8 Å². The molecule has 196 valence electrons. The summed E-state index contributed by atoms with van der Waals surface area (Å²) in [6.07, 6.45) is 11.7. The number of hydrogen-bond acceptors (Lipinski definition) is 7. The van der Waals surface area contributed by atoms with Gasteiger partial charge >= 0.3 is 0 Å². The number of halogens is 2. The maximum Gasteiger partial charge on any atom is 0.248 e. The molecule has 0 unspecified atom stereocenters. The van der Waals surface area contributed by atoms with E-state index in [2.05, 4.69) is 31.4 Å². The van der Waals surface area contributed by atoms with Crippen LogP contribution in [0, 0.1) is 24.0 Å². The number of carbonyl (C=O) groups excluding carboxylic acids is 1. The van der Waals surface area contributed by atoms with Crippen LogP contribution in [0.15, 0.2) is 54.6 Å². The molecule has 1 aliphatic heterocycles. The molecule has 0 saturated carbocycles. The van der Waals surface area contributed by atoms with Gasteiger partial charge < -0.3 is 25.0 Å². The lowest BCUT2D eigenvalue weighted by molar-refractivity contribution is -0.111. The molecule has 0 aliphatic carbocycles. The largest absolute Gasteiger partial charge is 0.457 e. The van der Waals surface area contributed by atoms with Gasteiger partial charge in [-0.15, -0.1) is 6.42 Å². The fourth-order valence-corrected chi connectivity index (χ4v) is 3.80. The Morgan fingerprint density at radius 2 is 2.03 bits per heavy atom. The SMILES string of the molecule is C#Cc1cc(F)c(F)c(Nc2ncnc3cc(OC4=CCOC4)c(NC(=O)/C=C/CN(CC)CC)cc23)c1. The van der Waals surface area contributed by atoms with Crippen LogP contribution in [0.2, 0.25) is 0 Å². The molecule has 8 nitrogen and oxygen atoms in total. The number of likely N-dealkylation sites (N-methyl/N-ethyl adjacent to an activating group) is 1. The van der Waals surface area contributed by atoms with E-state index in [0.29, 0.717) is 47.9 Å². The van der Waals surface area contributed by atoms with Crippen LogP contribution in [0.3, 0.4) is 0 Å². The predicted octanol–water partition coefficient (Wildman–Crippen LogP) is 4.76. The number of rotatable bonds is 10. The summed E-state index contributed by atoms with van der Waals surface area (Å²) >= 11 is 0. The summed E-state index contributed by atoms with van der Waals surface area (Å²) in [4.78, 5) is 23.4. The van der Waals surface area contributed by atoms with Gasteiger partial charge in [-0.05, 0) is 37.4 Å². The zero-order valence-electron chi connectivity index (χ0n) is 21.1. The average molecular weight is 520 g/mol. The minimum Gasteiger partial charge on any atom is -0.457 e. The number of hydrogen-bond donors (Lipinski definition) is 2. The van der Waals surface area contributed by atoms with Crippen LogP contribution in [0.1, 0.15) is 19.4 Å². The second-order valence-electron chi connectivity index (χ2n) is 8.34. The molecule has 1 amide bonds. The number of anilines is 3. The van der Waals surface area contributed by atoms with Crippen LogP contribution >= 0.6 is 0 Å². The van der Waals surface area contributed by atoms with E-state index in [1.165, 1.54) is 18.5 Å². The van der Waals surface area contributed by atoms with Gasteiger partial charge in [0.1, 0.15) is 24.5 Å². The minimum absolute atomic E-state index is 0.164. The predicted molar refractivity (Wildman–Crippen MR) is 142 cm³/mol. The first-order valence-electron chi connectivity index (χ1n) is 12.1. The summed E-state index contributed by atoms with van der Waals surface area (Å²) in [6, 6.07) is 5.48. The second kappa shape index (κ2) is 12.3. The number of nitrogens with one attached hydrogen (secondary N) is 2. The minimum atomic E-state index is -1.10. The van der Waals surface area contributed by atoms with Crippen LogP contribution < -0.4 is 15.4 Å². The highest BCUT2D eigenvalue weighted by molar-refractivity contribution is 6.03. The highest BCUT2D eigenvalue weighted by atomic mass is 19.2. The maximum atomic E-state index is 14.5. The van der Waals surface area contributed by atoms with Crippen molar-refractivity contribution in [2.45, 2.75) is 13.8 Å². The Labute approximate surface area is 219 Å².